The minimum atomic E-state index is 0.429. The number of nitrogens with one attached hydrogen (secondary N) is 1. The number of halogens is 1. The van der Waals surface area contributed by atoms with Crippen LogP contribution in [0.15, 0.2) is 29.2 Å². The monoisotopic (exact) mass is 281 g/mol. The molecule has 0 amide bonds. The Bertz CT molecular complexity index is 408. The Hall–Kier alpha value is -0.620. The van der Waals surface area contributed by atoms with Gasteiger partial charge in [-0.1, -0.05) is 30.7 Å². The summed E-state index contributed by atoms with van der Waals surface area (Å²) in [5.41, 5.74) is 0. The highest BCUT2D eigenvalue weighted by Gasteiger charge is 2.08. The van der Waals surface area contributed by atoms with Crippen LogP contribution in [0.25, 0.3) is 0 Å². The standard InChI is InChI=1S/C15H20ClNS/c1-3-5-8-13(17-11-4-2)12-18-15-10-7-6-9-14(15)16/h6-7,9-10,13,17H,4,8,11-12H2,1-2H3. The highest BCUT2D eigenvalue weighted by molar-refractivity contribution is 7.99. The maximum Gasteiger partial charge on any atom is 0.0541 e. The van der Waals surface area contributed by atoms with Gasteiger partial charge in [0.25, 0.3) is 0 Å². The fraction of sp³-hybridized carbons (Fsp3) is 0.467. The van der Waals surface area contributed by atoms with Crippen LogP contribution in [-0.2, 0) is 0 Å². The third-order valence-corrected chi connectivity index (χ3v) is 4.16. The van der Waals surface area contributed by atoms with E-state index in [4.69, 9.17) is 11.6 Å². The summed E-state index contributed by atoms with van der Waals surface area (Å²) in [6.07, 6.45) is 2.04. The zero-order valence-electron chi connectivity index (χ0n) is 11.0. The molecule has 0 spiro atoms. The molecule has 0 radical (unpaired) electrons. The first kappa shape index (κ1) is 15.4. The minimum absolute atomic E-state index is 0.429. The van der Waals surface area contributed by atoms with Gasteiger partial charge in [0, 0.05) is 23.1 Å². The van der Waals surface area contributed by atoms with E-state index in [-0.39, 0.29) is 0 Å². The van der Waals surface area contributed by atoms with Crippen LogP contribution in [0.3, 0.4) is 0 Å². The summed E-state index contributed by atoms with van der Waals surface area (Å²) in [5.74, 6) is 7.11. The summed E-state index contributed by atoms with van der Waals surface area (Å²) in [6, 6.07) is 8.41. The van der Waals surface area contributed by atoms with E-state index < -0.39 is 0 Å². The molecular weight excluding hydrogens is 262 g/mol. The van der Waals surface area contributed by atoms with E-state index in [9.17, 15) is 0 Å². The van der Waals surface area contributed by atoms with Gasteiger partial charge in [0.1, 0.15) is 0 Å². The molecule has 1 atom stereocenters. The Balaban J connectivity index is 2.49. The lowest BCUT2D eigenvalue weighted by Crippen LogP contribution is -2.31. The number of benzene rings is 1. The lowest BCUT2D eigenvalue weighted by Gasteiger charge is -2.15. The van der Waals surface area contributed by atoms with E-state index in [1.54, 1.807) is 11.8 Å². The fourth-order valence-electron chi connectivity index (χ4n) is 1.52. The molecule has 1 rings (SSSR count). The van der Waals surface area contributed by atoms with Crippen molar-refractivity contribution < 1.29 is 0 Å². The molecule has 0 aliphatic carbocycles. The average molecular weight is 282 g/mol. The molecule has 0 saturated heterocycles. The summed E-state index contributed by atoms with van der Waals surface area (Å²) < 4.78 is 0. The van der Waals surface area contributed by atoms with Crippen LogP contribution in [0.2, 0.25) is 5.02 Å². The van der Waals surface area contributed by atoms with Crippen molar-refractivity contribution in [3.05, 3.63) is 29.3 Å². The summed E-state index contributed by atoms with van der Waals surface area (Å²) in [7, 11) is 0. The zero-order chi connectivity index (χ0) is 13.2. The topological polar surface area (TPSA) is 12.0 Å². The SMILES string of the molecule is CC#CCC(CSc1ccccc1Cl)NCCC. The summed E-state index contributed by atoms with van der Waals surface area (Å²) in [4.78, 5) is 1.15. The Morgan fingerprint density at radius 2 is 2.17 bits per heavy atom. The van der Waals surface area contributed by atoms with Gasteiger partial charge in [-0.15, -0.1) is 23.6 Å². The molecule has 1 aromatic rings. The predicted molar refractivity (Wildman–Crippen MR) is 82.3 cm³/mol. The van der Waals surface area contributed by atoms with Crippen molar-refractivity contribution in [3.63, 3.8) is 0 Å². The lowest BCUT2D eigenvalue weighted by molar-refractivity contribution is 0.563. The van der Waals surface area contributed by atoms with Gasteiger partial charge in [-0.05, 0) is 32.0 Å². The third kappa shape index (κ3) is 5.82. The quantitative estimate of drug-likeness (QED) is 0.593. The van der Waals surface area contributed by atoms with Crippen molar-refractivity contribution in [2.45, 2.75) is 37.6 Å². The zero-order valence-corrected chi connectivity index (χ0v) is 12.6. The smallest absolute Gasteiger partial charge is 0.0541 e. The average Bonchev–Trinajstić information content (AvgIpc) is 2.39. The van der Waals surface area contributed by atoms with Crippen LogP contribution in [-0.4, -0.2) is 18.3 Å². The van der Waals surface area contributed by atoms with Crippen LogP contribution in [0, 0.1) is 11.8 Å². The molecule has 1 nitrogen and oxygen atoms in total. The second kappa shape index (κ2) is 9.33. The van der Waals surface area contributed by atoms with Gasteiger partial charge in [0.05, 0.1) is 5.02 Å². The highest BCUT2D eigenvalue weighted by atomic mass is 35.5. The van der Waals surface area contributed by atoms with Crippen LogP contribution in [0.1, 0.15) is 26.7 Å². The summed E-state index contributed by atoms with van der Waals surface area (Å²) >= 11 is 7.94. The van der Waals surface area contributed by atoms with Gasteiger partial charge in [0.15, 0.2) is 0 Å². The number of hydrogen-bond acceptors (Lipinski definition) is 2. The van der Waals surface area contributed by atoms with Crippen LogP contribution in [0.4, 0.5) is 0 Å². The molecule has 0 fully saturated rings. The van der Waals surface area contributed by atoms with E-state index in [2.05, 4.69) is 30.1 Å². The third-order valence-electron chi connectivity index (χ3n) is 2.48. The van der Waals surface area contributed by atoms with E-state index in [1.807, 2.05) is 25.1 Å². The summed E-state index contributed by atoms with van der Waals surface area (Å²) in [6.45, 7) is 5.11. The molecule has 1 N–H and O–H groups in total. The van der Waals surface area contributed by atoms with E-state index in [0.29, 0.717) is 6.04 Å². The van der Waals surface area contributed by atoms with E-state index >= 15 is 0 Å². The van der Waals surface area contributed by atoms with Crippen LogP contribution >= 0.6 is 23.4 Å². The molecule has 1 aromatic carbocycles. The normalized spacial score (nSPS) is 11.7. The van der Waals surface area contributed by atoms with Gasteiger partial charge in [-0.2, -0.15) is 0 Å². The minimum Gasteiger partial charge on any atom is -0.312 e. The van der Waals surface area contributed by atoms with Gasteiger partial charge < -0.3 is 5.32 Å². The number of hydrogen-bond donors (Lipinski definition) is 1. The van der Waals surface area contributed by atoms with Gasteiger partial charge in [-0.3, -0.25) is 0 Å². The highest BCUT2D eigenvalue weighted by Crippen LogP contribution is 2.27. The van der Waals surface area contributed by atoms with Crippen molar-refractivity contribution in [2.75, 3.05) is 12.3 Å². The van der Waals surface area contributed by atoms with Crippen molar-refractivity contribution in [1.29, 1.82) is 0 Å². The largest absolute Gasteiger partial charge is 0.312 e. The van der Waals surface area contributed by atoms with E-state index in [0.717, 1.165) is 35.1 Å². The molecule has 0 bridgehead atoms. The predicted octanol–water partition coefficient (Wildman–Crippen LogP) is 4.21. The van der Waals surface area contributed by atoms with Crippen LogP contribution in [0.5, 0.6) is 0 Å². The first-order chi connectivity index (χ1) is 8.77. The molecule has 0 heterocycles. The molecule has 0 aromatic heterocycles. The van der Waals surface area contributed by atoms with Gasteiger partial charge in [-0.25, -0.2) is 0 Å². The van der Waals surface area contributed by atoms with Crippen molar-refractivity contribution in [1.82, 2.24) is 5.32 Å². The lowest BCUT2D eigenvalue weighted by atomic mass is 10.2. The molecule has 98 valence electrons. The Kier molecular flexibility index (Phi) is 8.00. The first-order valence-corrected chi connectivity index (χ1v) is 7.64. The number of thioether (sulfide) groups is 1. The van der Waals surface area contributed by atoms with Crippen LogP contribution < -0.4 is 5.32 Å². The number of rotatable bonds is 7. The second-order valence-electron chi connectivity index (χ2n) is 4.02. The maximum atomic E-state index is 6.15. The second-order valence-corrected chi connectivity index (χ2v) is 5.49. The molecule has 0 saturated carbocycles. The maximum absolute atomic E-state index is 6.15. The van der Waals surface area contributed by atoms with Gasteiger partial charge in [0.2, 0.25) is 0 Å². The molecule has 0 aliphatic rings. The van der Waals surface area contributed by atoms with Crippen molar-refractivity contribution in [3.8, 4) is 11.8 Å². The first-order valence-electron chi connectivity index (χ1n) is 6.28. The van der Waals surface area contributed by atoms with Crippen molar-refractivity contribution in [2.24, 2.45) is 0 Å². The Morgan fingerprint density at radius 1 is 1.39 bits per heavy atom. The molecule has 3 heteroatoms. The fourth-order valence-corrected chi connectivity index (χ4v) is 2.81. The van der Waals surface area contributed by atoms with Gasteiger partial charge >= 0.3 is 0 Å². The summed E-state index contributed by atoms with van der Waals surface area (Å²) in [5, 5.41) is 4.36. The molecular formula is C15H20ClNS. The molecule has 18 heavy (non-hydrogen) atoms. The van der Waals surface area contributed by atoms with E-state index in [1.165, 1.54) is 0 Å². The Morgan fingerprint density at radius 3 is 2.83 bits per heavy atom. The Labute approximate surface area is 120 Å². The molecule has 0 aliphatic heterocycles. The van der Waals surface area contributed by atoms with Crippen molar-refractivity contribution >= 4 is 23.4 Å². The molecule has 1 unspecified atom stereocenters.